The van der Waals surface area contributed by atoms with Crippen molar-refractivity contribution in [3.8, 4) is 0 Å². The first-order valence-electron chi connectivity index (χ1n) is 16.7. The van der Waals surface area contributed by atoms with Gasteiger partial charge in [-0.2, -0.15) is 0 Å². The van der Waals surface area contributed by atoms with Gasteiger partial charge in [0.15, 0.2) is 0 Å². The molecule has 0 saturated carbocycles. The molecule has 1 aliphatic heterocycles. The van der Waals surface area contributed by atoms with Crippen molar-refractivity contribution in [1.29, 1.82) is 0 Å². The zero-order chi connectivity index (χ0) is 34.1. The number of benzene rings is 3. The molecule has 1 fully saturated rings. The third-order valence-electron chi connectivity index (χ3n) is 7.35. The molecule has 0 amide bonds. The van der Waals surface area contributed by atoms with E-state index in [4.69, 9.17) is 5.32 Å². The summed E-state index contributed by atoms with van der Waals surface area (Å²) < 4.78 is 0. The van der Waals surface area contributed by atoms with Crippen molar-refractivity contribution in [2.45, 2.75) is 97.8 Å². The predicted octanol–water partition coefficient (Wildman–Crippen LogP) is -16.3. The topological polar surface area (TPSA) is 66.9 Å². The molecule has 59 heavy (non-hydrogen) atoms. The van der Waals surface area contributed by atoms with E-state index in [1.807, 2.05) is 91.5 Å². The van der Waals surface area contributed by atoms with Gasteiger partial charge in [0.25, 0.3) is 0 Å². The van der Waals surface area contributed by atoms with E-state index in [1.54, 1.807) is 6.20 Å². The molecule has 0 atom stereocenters. The maximum atomic E-state index is 4.75. The summed E-state index contributed by atoms with van der Waals surface area (Å²) in [6, 6.07) is 31.4. The van der Waals surface area contributed by atoms with Gasteiger partial charge in [-0.15, -0.1) is 52.1 Å². The van der Waals surface area contributed by atoms with Gasteiger partial charge in [0.1, 0.15) is 0 Å². The first kappa shape index (κ1) is 84.1. The van der Waals surface area contributed by atoms with Gasteiger partial charge in [-0.3, -0.25) is 9.97 Å². The minimum absolute atomic E-state index is 0. The second-order valence-corrected chi connectivity index (χ2v) is 13.5. The Morgan fingerprint density at radius 2 is 0.847 bits per heavy atom. The Labute approximate surface area is 477 Å². The van der Waals surface area contributed by atoms with Crippen LogP contribution in [-0.2, 0) is 0 Å². The van der Waals surface area contributed by atoms with Crippen molar-refractivity contribution in [3.05, 3.63) is 139 Å². The van der Waals surface area contributed by atoms with Gasteiger partial charge in [-0.1, -0.05) is 142 Å². The van der Waals surface area contributed by atoms with Crippen molar-refractivity contribution in [3.63, 3.8) is 0 Å². The Kier molecular flexibility index (Phi) is 65.8. The van der Waals surface area contributed by atoms with Gasteiger partial charge < -0.3 is 90.1 Å². The molecule has 0 radical (unpaired) electrons. The van der Waals surface area contributed by atoms with Crippen LogP contribution in [0.25, 0.3) is 43.0 Å². The number of hydrogen-bond acceptors (Lipinski definition) is 3. The van der Waals surface area contributed by atoms with E-state index < -0.39 is 0 Å². The number of nitrogens with zero attached hydrogens (tertiary/aromatic N) is 5. The molecule has 0 bridgehead atoms. The summed E-state index contributed by atoms with van der Waals surface area (Å²) in [6.45, 7) is 17.3. The normalized spacial score (nSPS) is 11.5. The van der Waals surface area contributed by atoms with E-state index in [2.05, 4.69) is 106 Å². The molecular weight excluding hydrogens is 881 g/mol. The molecule has 3 aromatic carbocycles. The van der Waals surface area contributed by atoms with E-state index in [1.165, 1.54) is 46.2 Å². The van der Waals surface area contributed by atoms with Crippen molar-refractivity contribution in [1.82, 2.24) is 15.0 Å². The molecule has 5 nitrogen and oxygen atoms in total. The van der Waals surface area contributed by atoms with E-state index in [0.717, 1.165) is 5.39 Å². The molecule has 1 aliphatic rings. The molecule has 3 aromatic heterocycles. The predicted molar refractivity (Wildman–Crippen MR) is 220 cm³/mol. The first-order valence-corrected chi connectivity index (χ1v) is 16.7. The third-order valence-corrected chi connectivity index (χ3v) is 7.35. The minimum atomic E-state index is 0. The quantitative estimate of drug-likeness (QED) is 0.128. The number of pyridine rings is 3. The fourth-order valence-electron chi connectivity index (χ4n) is 5.50. The minimum Gasteiger partial charge on any atom is -1.00 e. The van der Waals surface area contributed by atoms with Gasteiger partial charge >= 0.3 is 126 Å². The Bertz CT molecular complexity index is 1420. The standard InChI is InChI=1S/2C9H7N.C9H6N.C9H18N.C6H14N.6ClH.3Li.3Mg/c3*1-2-4-9-7-10-6-5-8(9)3-1;1-8(2)6-5-7-9(3,4)10-8;1-5(2)7-6(3)4;;;;;;;;;;;;/h2*1-7H;1-6H;5-7H2,1-4H3;5-6H,1-4H3;6*1H;;;;;;/q;;3*-1;;;;;;;3*+1;3*+2/p-6. The molecule has 0 unspecified atom stereocenters. The monoisotopic (exact) mass is 929 g/mol. The molecule has 17 heteroatoms. The number of piperidine rings is 1. The molecule has 1 saturated heterocycles. The van der Waals surface area contributed by atoms with Gasteiger partial charge in [-0.05, 0) is 39.9 Å². The van der Waals surface area contributed by atoms with Crippen molar-refractivity contribution in [2.75, 3.05) is 0 Å². The van der Waals surface area contributed by atoms with Gasteiger partial charge in [0.2, 0.25) is 0 Å². The smallest absolute Gasteiger partial charge is 1.00 e. The van der Waals surface area contributed by atoms with Crippen molar-refractivity contribution < 1.29 is 131 Å². The summed E-state index contributed by atoms with van der Waals surface area (Å²) in [5.41, 5.74) is 0.476. The van der Waals surface area contributed by atoms with Crippen LogP contribution in [0.2, 0.25) is 0 Å². The molecule has 0 N–H and O–H groups in total. The fraction of sp³-hybridized carbons (Fsp3) is 0.357. The Hall–Kier alpha value is 1.64. The fourth-order valence-corrected chi connectivity index (χ4v) is 5.50. The van der Waals surface area contributed by atoms with Crippen LogP contribution in [-0.4, -0.2) is 107 Å². The number of fused-ring (bicyclic) bond motifs is 3. The average Bonchev–Trinajstić information content (AvgIpc) is 3.04. The molecule has 0 aliphatic carbocycles. The van der Waals surface area contributed by atoms with Crippen LogP contribution >= 0.6 is 0 Å². The Balaban J connectivity index is -0.0000000608. The van der Waals surface area contributed by atoms with Crippen molar-refractivity contribution >= 4 is 101 Å². The summed E-state index contributed by atoms with van der Waals surface area (Å²) in [5.74, 6) is 0. The largest absolute Gasteiger partial charge is 2.00 e. The van der Waals surface area contributed by atoms with Gasteiger partial charge in [-0.25, -0.2) is 0 Å². The van der Waals surface area contributed by atoms with Gasteiger partial charge in [0, 0.05) is 24.8 Å². The van der Waals surface area contributed by atoms with Crippen LogP contribution in [0.3, 0.4) is 0 Å². The average molecular weight is 933 g/mol. The van der Waals surface area contributed by atoms with Crippen LogP contribution < -0.4 is 131 Å². The number of halogens is 6. The zero-order valence-electron chi connectivity index (χ0n) is 36.9. The maximum absolute atomic E-state index is 4.75. The van der Waals surface area contributed by atoms with Crippen LogP contribution in [0, 0.1) is 6.20 Å². The Morgan fingerprint density at radius 1 is 0.508 bits per heavy atom. The Morgan fingerprint density at radius 3 is 1.15 bits per heavy atom. The van der Waals surface area contributed by atoms with Gasteiger partial charge in [0.05, 0.1) is 0 Å². The van der Waals surface area contributed by atoms with E-state index in [0.29, 0.717) is 12.1 Å². The van der Waals surface area contributed by atoms with Crippen LogP contribution in [0.4, 0.5) is 0 Å². The summed E-state index contributed by atoms with van der Waals surface area (Å²) in [6.07, 6.45) is 15.9. The second-order valence-electron chi connectivity index (χ2n) is 13.5. The summed E-state index contributed by atoms with van der Waals surface area (Å²) in [4.78, 5) is 11.9. The van der Waals surface area contributed by atoms with Crippen LogP contribution in [0.15, 0.2) is 122 Å². The SMILES string of the molecule is CC(C)[N-]C(C)C.CC1(C)CCCC(C)(C)[N-]1.[Cl-].[Cl-].[Cl-].[Cl-].[Cl-].[Cl-].[Li+].[Li+].[Li+].[Mg+2].[Mg+2].[Mg+2].[c-]1nccc2ccccc12.c1ccc2cnccc2c1.c1ccc2cnccc2c1. The molecular formula is C42H52Cl6Li3Mg3N5. The molecule has 0 spiro atoms. The summed E-state index contributed by atoms with van der Waals surface area (Å²) in [7, 11) is 0. The number of rotatable bonds is 2. The van der Waals surface area contributed by atoms with Crippen LogP contribution in [0.5, 0.6) is 0 Å². The molecule has 296 valence electrons. The van der Waals surface area contributed by atoms with Crippen molar-refractivity contribution in [2.24, 2.45) is 0 Å². The summed E-state index contributed by atoms with van der Waals surface area (Å²) in [5, 5.41) is 16.2. The van der Waals surface area contributed by atoms with Crippen LogP contribution in [0.1, 0.15) is 74.7 Å². The van der Waals surface area contributed by atoms with E-state index >= 15 is 0 Å². The number of aromatic nitrogens is 3. The second kappa shape index (κ2) is 46.2. The third kappa shape index (κ3) is 36.5. The first-order chi connectivity index (χ1) is 22.4. The summed E-state index contributed by atoms with van der Waals surface area (Å²) >= 11 is 0. The number of hydrogen-bond donors (Lipinski definition) is 0. The maximum Gasteiger partial charge on any atom is 2.00 e. The molecule has 7 rings (SSSR count). The zero-order valence-corrected chi connectivity index (χ0v) is 45.7. The molecule has 4 heterocycles. The van der Waals surface area contributed by atoms with E-state index in [-0.39, 0.29) is 211 Å². The molecule has 6 aromatic rings. The van der Waals surface area contributed by atoms with E-state index in [9.17, 15) is 0 Å².